The van der Waals surface area contributed by atoms with Crippen LogP contribution in [0.5, 0.6) is 5.75 Å². The molecule has 2 fully saturated rings. The molecule has 0 bridgehead atoms. The molecule has 2 atom stereocenters. The number of ether oxygens (including phenoxy) is 3. The van der Waals surface area contributed by atoms with Gasteiger partial charge in [0.2, 0.25) is 5.91 Å². The highest BCUT2D eigenvalue weighted by Crippen LogP contribution is 2.28. The number of nitrogens with zero attached hydrogens (tertiary/aromatic N) is 1. The number of rotatable bonds is 9. The number of hydrogen-bond donors (Lipinski definition) is 1. The van der Waals surface area contributed by atoms with Gasteiger partial charge in [-0.25, -0.2) is 0 Å². The molecule has 0 radical (unpaired) electrons. The molecule has 2 unspecified atom stereocenters. The molecule has 1 aromatic carbocycles. The number of aryl methyl sites for hydroxylation is 1. The Labute approximate surface area is 185 Å². The van der Waals surface area contributed by atoms with E-state index in [-0.39, 0.29) is 18.1 Å². The quantitative estimate of drug-likeness (QED) is 0.656. The van der Waals surface area contributed by atoms with Gasteiger partial charge in [0.05, 0.1) is 19.6 Å². The van der Waals surface area contributed by atoms with Gasteiger partial charge in [-0.05, 0) is 57.5 Å². The highest BCUT2D eigenvalue weighted by atomic mass is 16.6. The van der Waals surface area contributed by atoms with Gasteiger partial charge in [-0.3, -0.25) is 4.79 Å². The van der Waals surface area contributed by atoms with E-state index in [1.54, 1.807) is 0 Å². The van der Waals surface area contributed by atoms with E-state index in [9.17, 15) is 4.79 Å². The van der Waals surface area contributed by atoms with Crippen LogP contribution in [0.4, 0.5) is 0 Å². The maximum absolute atomic E-state index is 12.7. The number of hydrogen-bond acceptors (Lipinski definition) is 5. The number of allylic oxidation sites excluding steroid dienone is 2. The van der Waals surface area contributed by atoms with Crippen LogP contribution in [-0.2, 0) is 14.3 Å². The Kier molecular flexibility index (Phi) is 7.65. The number of carbonyl (C=O) groups is 1. The van der Waals surface area contributed by atoms with Crippen molar-refractivity contribution >= 4 is 5.91 Å². The van der Waals surface area contributed by atoms with Crippen molar-refractivity contribution in [1.82, 2.24) is 10.2 Å². The van der Waals surface area contributed by atoms with Gasteiger partial charge < -0.3 is 24.4 Å². The molecule has 1 amide bonds. The van der Waals surface area contributed by atoms with Crippen molar-refractivity contribution in [3.8, 4) is 5.75 Å². The van der Waals surface area contributed by atoms with Crippen LogP contribution in [0.25, 0.3) is 0 Å². The smallest absolute Gasteiger partial charge is 0.223 e. The molecule has 4 rings (SSSR count). The lowest BCUT2D eigenvalue weighted by atomic mass is 9.94. The maximum atomic E-state index is 12.7. The Hall–Kier alpha value is -2.31. The zero-order valence-electron chi connectivity index (χ0n) is 18.5. The Morgan fingerprint density at radius 3 is 2.81 bits per heavy atom. The van der Waals surface area contributed by atoms with Crippen molar-refractivity contribution in [1.29, 1.82) is 0 Å². The van der Waals surface area contributed by atoms with Gasteiger partial charge in [-0.15, -0.1) is 0 Å². The summed E-state index contributed by atoms with van der Waals surface area (Å²) in [4.78, 5) is 15.1. The van der Waals surface area contributed by atoms with Crippen LogP contribution in [0.15, 0.2) is 47.7 Å². The zero-order valence-corrected chi connectivity index (χ0v) is 18.5. The van der Waals surface area contributed by atoms with Crippen LogP contribution in [0.1, 0.15) is 37.7 Å². The Morgan fingerprint density at radius 2 is 2.00 bits per heavy atom. The van der Waals surface area contributed by atoms with Gasteiger partial charge in [0.1, 0.15) is 24.2 Å². The summed E-state index contributed by atoms with van der Waals surface area (Å²) in [5, 5.41) is 3.26. The molecule has 31 heavy (non-hydrogen) atoms. The van der Waals surface area contributed by atoms with Crippen molar-refractivity contribution in [2.45, 2.75) is 51.2 Å². The monoisotopic (exact) mass is 426 g/mol. The van der Waals surface area contributed by atoms with Crippen LogP contribution in [0.3, 0.4) is 0 Å². The SMILES string of the molecule is Cc1ccc(OCCC(=O)NC(CC2=CC=C3OCCOC3C2)CN2CCCC2)cc1. The lowest BCUT2D eigenvalue weighted by Gasteiger charge is -2.31. The number of nitrogens with one attached hydrogen (secondary N) is 1. The van der Waals surface area contributed by atoms with Crippen LogP contribution >= 0.6 is 0 Å². The molecular weight excluding hydrogens is 392 g/mol. The third-order valence-electron chi connectivity index (χ3n) is 6.09. The minimum Gasteiger partial charge on any atom is -0.493 e. The molecule has 0 spiro atoms. The van der Waals surface area contributed by atoms with E-state index in [2.05, 4.69) is 16.3 Å². The van der Waals surface area contributed by atoms with Gasteiger partial charge in [0.15, 0.2) is 0 Å². The van der Waals surface area contributed by atoms with Gasteiger partial charge in [0.25, 0.3) is 0 Å². The van der Waals surface area contributed by atoms with Crippen LogP contribution < -0.4 is 10.1 Å². The maximum Gasteiger partial charge on any atom is 0.223 e. The summed E-state index contributed by atoms with van der Waals surface area (Å²) >= 11 is 0. The Balaban J connectivity index is 1.30. The lowest BCUT2D eigenvalue weighted by Crippen LogP contribution is -2.44. The van der Waals surface area contributed by atoms with Crippen LogP contribution in [-0.4, -0.2) is 62.4 Å². The third-order valence-corrected chi connectivity index (χ3v) is 6.09. The van der Waals surface area contributed by atoms with E-state index in [1.807, 2.05) is 37.3 Å². The van der Waals surface area contributed by atoms with E-state index >= 15 is 0 Å². The number of likely N-dealkylation sites (tertiary alicyclic amines) is 1. The molecule has 1 N–H and O–H groups in total. The predicted octanol–water partition coefficient (Wildman–Crippen LogP) is 3.36. The second-order valence-electron chi connectivity index (χ2n) is 8.69. The van der Waals surface area contributed by atoms with Crippen LogP contribution in [0.2, 0.25) is 0 Å². The first kappa shape index (κ1) is 21.9. The van der Waals surface area contributed by atoms with Crippen molar-refractivity contribution in [3.05, 3.63) is 53.3 Å². The molecule has 168 valence electrons. The second-order valence-corrected chi connectivity index (χ2v) is 8.69. The molecule has 6 nitrogen and oxygen atoms in total. The fraction of sp³-hybridized carbons (Fsp3) is 0.560. The summed E-state index contributed by atoms with van der Waals surface area (Å²) in [6.45, 7) is 6.82. The van der Waals surface area contributed by atoms with Gasteiger partial charge in [-0.2, -0.15) is 0 Å². The molecule has 1 aliphatic carbocycles. The summed E-state index contributed by atoms with van der Waals surface area (Å²) < 4.78 is 17.3. The fourth-order valence-electron chi connectivity index (χ4n) is 4.45. The number of carbonyl (C=O) groups excluding carboxylic acids is 1. The molecule has 3 aliphatic rings. The van der Waals surface area contributed by atoms with Crippen molar-refractivity contribution < 1.29 is 19.0 Å². The van der Waals surface area contributed by atoms with E-state index in [4.69, 9.17) is 14.2 Å². The minimum atomic E-state index is 0.0276. The number of benzene rings is 1. The normalized spacial score (nSPS) is 22.0. The van der Waals surface area contributed by atoms with Crippen molar-refractivity contribution in [2.24, 2.45) is 0 Å². The molecule has 2 saturated heterocycles. The largest absolute Gasteiger partial charge is 0.493 e. The van der Waals surface area contributed by atoms with Crippen LogP contribution in [0, 0.1) is 6.92 Å². The molecule has 0 aromatic heterocycles. The Bertz CT molecular complexity index is 796. The van der Waals surface area contributed by atoms with E-state index < -0.39 is 0 Å². The number of amides is 1. The predicted molar refractivity (Wildman–Crippen MR) is 120 cm³/mol. The first-order chi connectivity index (χ1) is 15.2. The summed E-state index contributed by atoms with van der Waals surface area (Å²) in [5.41, 5.74) is 2.50. The molecule has 6 heteroatoms. The average Bonchev–Trinajstić information content (AvgIpc) is 3.28. The van der Waals surface area contributed by atoms with Crippen molar-refractivity contribution in [3.63, 3.8) is 0 Å². The van der Waals surface area contributed by atoms with Crippen molar-refractivity contribution in [2.75, 3.05) is 39.5 Å². The summed E-state index contributed by atoms with van der Waals surface area (Å²) in [6.07, 6.45) is 8.73. The second kappa shape index (κ2) is 10.8. The first-order valence-electron chi connectivity index (χ1n) is 11.5. The van der Waals surface area contributed by atoms with Gasteiger partial charge in [-0.1, -0.05) is 29.3 Å². The van der Waals surface area contributed by atoms with E-state index in [0.717, 1.165) is 44.0 Å². The molecule has 2 aliphatic heterocycles. The topological polar surface area (TPSA) is 60.0 Å². The van der Waals surface area contributed by atoms with E-state index in [1.165, 1.54) is 24.0 Å². The lowest BCUT2D eigenvalue weighted by molar-refractivity contribution is -0.122. The third kappa shape index (κ3) is 6.58. The molecule has 2 heterocycles. The first-order valence-corrected chi connectivity index (χ1v) is 11.5. The summed E-state index contributed by atoms with van der Waals surface area (Å²) in [5.74, 6) is 1.78. The molecule has 0 saturated carbocycles. The van der Waals surface area contributed by atoms with Gasteiger partial charge >= 0.3 is 0 Å². The Morgan fingerprint density at radius 1 is 1.19 bits per heavy atom. The van der Waals surface area contributed by atoms with Gasteiger partial charge in [0, 0.05) is 19.0 Å². The summed E-state index contributed by atoms with van der Waals surface area (Å²) in [6, 6.07) is 8.01. The standard InChI is InChI=1S/C25H34N2O4/c1-19-4-7-22(8-5-19)29-13-10-25(28)26-21(18-27-11-2-3-12-27)16-20-6-9-23-24(17-20)31-15-14-30-23/h4-9,21,24H,2-3,10-18H2,1H3,(H,26,28). The average molecular weight is 427 g/mol. The highest BCUT2D eigenvalue weighted by Gasteiger charge is 2.27. The summed E-state index contributed by atoms with van der Waals surface area (Å²) in [7, 11) is 0. The molecular formula is C25H34N2O4. The molecule has 1 aromatic rings. The fourth-order valence-corrected chi connectivity index (χ4v) is 4.45. The minimum absolute atomic E-state index is 0.0276. The zero-order chi connectivity index (χ0) is 21.5. The number of fused-ring (bicyclic) bond motifs is 1. The highest BCUT2D eigenvalue weighted by molar-refractivity contribution is 5.76. The van der Waals surface area contributed by atoms with E-state index in [0.29, 0.717) is 26.2 Å².